The van der Waals surface area contributed by atoms with Crippen molar-refractivity contribution in [2.24, 2.45) is 0 Å². The first kappa shape index (κ1) is 9.97. The summed E-state index contributed by atoms with van der Waals surface area (Å²) in [4.78, 5) is 0. The van der Waals surface area contributed by atoms with E-state index in [2.05, 4.69) is 67.6 Å². The Balaban J connectivity index is 2.08. The molecule has 0 aliphatic carbocycles. The Morgan fingerprint density at radius 2 is 1.33 bits per heavy atom. The van der Waals surface area contributed by atoms with E-state index in [0.29, 0.717) is 5.92 Å². The summed E-state index contributed by atoms with van der Waals surface area (Å²) in [5.74, 6) is 0.591. The van der Waals surface area contributed by atoms with Crippen molar-refractivity contribution >= 4 is 0 Å². The largest absolute Gasteiger partial charge is 0.0622 e. The molecule has 0 saturated carbocycles. The summed E-state index contributed by atoms with van der Waals surface area (Å²) in [7, 11) is 0. The minimum absolute atomic E-state index is 0.591. The summed E-state index contributed by atoms with van der Waals surface area (Å²) in [6, 6.07) is 21.4. The summed E-state index contributed by atoms with van der Waals surface area (Å²) in [5, 5.41) is 0. The monoisotopic (exact) mass is 196 g/mol. The van der Waals surface area contributed by atoms with E-state index in [1.807, 2.05) is 0 Å². The molecule has 76 valence electrons. The fourth-order valence-electron chi connectivity index (χ4n) is 1.87. The number of hydrogen-bond donors (Lipinski definition) is 0. The zero-order valence-electron chi connectivity index (χ0n) is 9.06. The molecule has 0 nitrogen and oxygen atoms in total. The van der Waals surface area contributed by atoms with Gasteiger partial charge in [-0.25, -0.2) is 0 Å². The maximum absolute atomic E-state index is 2.28. The average molecular weight is 196 g/mol. The molecule has 1 atom stereocenters. The molecule has 0 saturated heterocycles. The smallest absolute Gasteiger partial charge is 0.0150 e. The summed E-state index contributed by atoms with van der Waals surface area (Å²) in [6.45, 7) is 2.28. The topological polar surface area (TPSA) is 0 Å². The molecular weight excluding hydrogens is 180 g/mol. The summed E-state index contributed by atoms with van der Waals surface area (Å²) in [5.41, 5.74) is 2.83. The lowest BCUT2D eigenvalue weighted by Crippen LogP contribution is -1.97. The summed E-state index contributed by atoms with van der Waals surface area (Å²) in [6.07, 6.45) is 1.12. The van der Waals surface area contributed by atoms with Crippen LogP contribution in [0.1, 0.15) is 24.0 Å². The van der Waals surface area contributed by atoms with E-state index in [9.17, 15) is 0 Å². The Morgan fingerprint density at radius 3 is 1.93 bits per heavy atom. The molecule has 0 radical (unpaired) electrons. The molecule has 0 bridgehead atoms. The molecule has 15 heavy (non-hydrogen) atoms. The summed E-state index contributed by atoms with van der Waals surface area (Å²) >= 11 is 0. The van der Waals surface area contributed by atoms with Crippen LogP contribution < -0.4 is 0 Å². The molecule has 0 N–H and O–H groups in total. The van der Waals surface area contributed by atoms with Gasteiger partial charge >= 0.3 is 0 Å². The van der Waals surface area contributed by atoms with E-state index in [1.54, 1.807) is 0 Å². The van der Waals surface area contributed by atoms with Gasteiger partial charge in [0.05, 0.1) is 0 Å². The number of benzene rings is 2. The minimum atomic E-state index is 0.591. The minimum Gasteiger partial charge on any atom is -0.0622 e. The maximum atomic E-state index is 2.28. The molecule has 0 aliphatic rings. The fourth-order valence-corrected chi connectivity index (χ4v) is 1.87. The van der Waals surface area contributed by atoms with Crippen molar-refractivity contribution in [1.29, 1.82) is 0 Å². The maximum Gasteiger partial charge on any atom is -0.0150 e. The van der Waals surface area contributed by atoms with Crippen molar-refractivity contribution in [2.45, 2.75) is 19.3 Å². The second-order valence-electron chi connectivity index (χ2n) is 4.00. The van der Waals surface area contributed by atoms with E-state index in [4.69, 9.17) is 0 Å². The van der Waals surface area contributed by atoms with Gasteiger partial charge in [-0.2, -0.15) is 0 Å². The average Bonchev–Trinajstić information content (AvgIpc) is 2.31. The first-order valence-corrected chi connectivity index (χ1v) is 5.45. The molecule has 0 aromatic heterocycles. The normalized spacial score (nSPS) is 12.3. The van der Waals surface area contributed by atoms with Gasteiger partial charge in [-0.3, -0.25) is 0 Å². The molecule has 2 aromatic carbocycles. The lowest BCUT2D eigenvalue weighted by Gasteiger charge is -2.11. The highest BCUT2D eigenvalue weighted by Gasteiger charge is 2.04. The van der Waals surface area contributed by atoms with Crippen LogP contribution in [-0.4, -0.2) is 0 Å². The van der Waals surface area contributed by atoms with Gasteiger partial charge < -0.3 is 0 Å². The van der Waals surface area contributed by atoms with Crippen LogP contribution in [0.2, 0.25) is 0 Å². The van der Waals surface area contributed by atoms with Gasteiger partial charge in [0.2, 0.25) is 0 Å². The highest BCUT2D eigenvalue weighted by atomic mass is 14.1. The third-order valence-electron chi connectivity index (χ3n) is 2.75. The summed E-state index contributed by atoms with van der Waals surface area (Å²) < 4.78 is 0. The zero-order valence-corrected chi connectivity index (χ0v) is 9.06. The van der Waals surface area contributed by atoms with E-state index >= 15 is 0 Å². The molecule has 2 rings (SSSR count). The van der Waals surface area contributed by atoms with Crippen molar-refractivity contribution in [2.75, 3.05) is 0 Å². The highest BCUT2D eigenvalue weighted by Crippen LogP contribution is 2.19. The second kappa shape index (κ2) is 4.79. The molecule has 2 aromatic rings. The van der Waals surface area contributed by atoms with Crippen LogP contribution in [-0.2, 0) is 6.42 Å². The third kappa shape index (κ3) is 2.69. The van der Waals surface area contributed by atoms with Crippen molar-refractivity contribution in [3.05, 3.63) is 71.8 Å². The highest BCUT2D eigenvalue weighted by molar-refractivity contribution is 5.23. The molecule has 0 spiro atoms. The first-order chi connectivity index (χ1) is 7.36. The Bertz CT molecular complexity index is 389. The van der Waals surface area contributed by atoms with Gasteiger partial charge in [0.25, 0.3) is 0 Å². The standard InChI is InChI=1S/C15H16/c1-13(15-10-6-3-7-11-15)12-14-8-4-2-5-9-14/h2-11,13H,12H2,1H3/t13-/m0/s1. The predicted molar refractivity (Wildman–Crippen MR) is 65.0 cm³/mol. The van der Waals surface area contributed by atoms with Crippen molar-refractivity contribution < 1.29 is 0 Å². The van der Waals surface area contributed by atoms with Crippen molar-refractivity contribution in [1.82, 2.24) is 0 Å². The van der Waals surface area contributed by atoms with Gasteiger partial charge in [-0.15, -0.1) is 0 Å². The number of rotatable bonds is 3. The van der Waals surface area contributed by atoms with Gasteiger partial charge in [0.15, 0.2) is 0 Å². The Kier molecular flexibility index (Phi) is 3.18. The van der Waals surface area contributed by atoms with E-state index in [0.717, 1.165) is 6.42 Å². The van der Waals surface area contributed by atoms with Crippen LogP contribution >= 0.6 is 0 Å². The Morgan fingerprint density at radius 1 is 0.800 bits per heavy atom. The van der Waals surface area contributed by atoms with Crippen molar-refractivity contribution in [3.63, 3.8) is 0 Å². The van der Waals surface area contributed by atoms with Gasteiger partial charge in [-0.05, 0) is 23.5 Å². The second-order valence-corrected chi connectivity index (χ2v) is 4.00. The van der Waals surface area contributed by atoms with E-state index in [1.165, 1.54) is 11.1 Å². The van der Waals surface area contributed by atoms with Crippen molar-refractivity contribution in [3.8, 4) is 0 Å². The lowest BCUT2D eigenvalue weighted by atomic mass is 9.94. The predicted octanol–water partition coefficient (Wildman–Crippen LogP) is 4.03. The molecular formula is C15H16. The Labute approximate surface area is 91.6 Å². The van der Waals surface area contributed by atoms with Crippen LogP contribution in [0.4, 0.5) is 0 Å². The van der Waals surface area contributed by atoms with Crippen LogP contribution in [0.15, 0.2) is 60.7 Å². The van der Waals surface area contributed by atoms with Crippen LogP contribution in [0.3, 0.4) is 0 Å². The molecule has 0 heterocycles. The Hall–Kier alpha value is -1.56. The molecule has 0 unspecified atom stereocenters. The zero-order chi connectivity index (χ0) is 10.5. The SMILES string of the molecule is C[C@@H](Cc1ccccc1)c1ccccc1. The molecule has 0 aliphatic heterocycles. The van der Waals surface area contributed by atoms with Crippen LogP contribution in [0.5, 0.6) is 0 Å². The van der Waals surface area contributed by atoms with Gasteiger partial charge in [0, 0.05) is 0 Å². The van der Waals surface area contributed by atoms with Gasteiger partial charge in [-0.1, -0.05) is 67.6 Å². The molecule has 0 amide bonds. The van der Waals surface area contributed by atoms with Gasteiger partial charge in [0.1, 0.15) is 0 Å². The van der Waals surface area contributed by atoms with Crippen LogP contribution in [0.25, 0.3) is 0 Å². The quantitative estimate of drug-likeness (QED) is 0.695. The molecule has 0 fully saturated rings. The molecule has 0 heteroatoms. The third-order valence-corrected chi connectivity index (χ3v) is 2.75. The van der Waals surface area contributed by atoms with Crippen LogP contribution in [0, 0.1) is 0 Å². The fraction of sp³-hybridized carbons (Fsp3) is 0.200. The van der Waals surface area contributed by atoms with E-state index < -0.39 is 0 Å². The van der Waals surface area contributed by atoms with E-state index in [-0.39, 0.29) is 0 Å². The first-order valence-electron chi connectivity index (χ1n) is 5.45. The lowest BCUT2D eigenvalue weighted by molar-refractivity contribution is 0.759. The number of hydrogen-bond acceptors (Lipinski definition) is 0.